The van der Waals surface area contributed by atoms with Crippen LogP contribution in [0.15, 0.2) is 97.1 Å². The molecule has 50 heavy (non-hydrogen) atoms. The zero-order valence-corrected chi connectivity index (χ0v) is 32.9. The first-order chi connectivity index (χ1) is 24.1. The molecule has 4 aromatic rings. The molecule has 0 nitrogen and oxygen atoms in total. The molecular weight excluding hydrogens is 601 g/mol. The summed E-state index contributed by atoms with van der Waals surface area (Å²) < 4.78 is 0. The zero-order valence-electron chi connectivity index (χ0n) is 32.9. The molecule has 4 aromatic carbocycles. The molecule has 0 N–H and O–H groups in total. The first kappa shape index (κ1) is 38.1. The number of benzene rings is 4. The molecule has 0 amide bonds. The van der Waals surface area contributed by atoms with Gasteiger partial charge < -0.3 is 0 Å². The molecule has 3 unspecified atom stereocenters. The fourth-order valence-electron chi connectivity index (χ4n) is 9.13. The van der Waals surface area contributed by atoms with E-state index >= 15 is 0 Å². The fraction of sp³-hybridized carbons (Fsp3) is 0.520. The first-order valence-corrected chi connectivity index (χ1v) is 20.4. The van der Waals surface area contributed by atoms with E-state index in [1.54, 1.807) is 44.5 Å². The van der Waals surface area contributed by atoms with E-state index in [9.17, 15) is 0 Å². The fourth-order valence-corrected chi connectivity index (χ4v) is 9.13. The van der Waals surface area contributed by atoms with Gasteiger partial charge in [0.1, 0.15) is 0 Å². The van der Waals surface area contributed by atoms with Crippen molar-refractivity contribution in [3.05, 3.63) is 142 Å². The summed E-state index contributed by atoms with van der Waals surface area (Å²) in [6.07, 6.45) is 13.3. The van der Waals surface area contributed by atoms with Gasteiger partial charge in [-0.2, -0.15) is 0 Å². The maximum absolute atomic E-state index is 2.35. The van der Waals surface area contributed by atoms with E-state index in [1.165, 1.54) is 64.2 Å². The maximum atomic E-state index is 2.35. The van der Waals surface area contributed by atoms with Gasteiger partial charge in [-0.05, 0) is 156 Å². The maximum Gasteiger partial charge on any atom is -0.0133 e. The summed E-state index contributed by atoms with van der Waals surface area (Å²) in [5.41, 5.74) is 12.7. The third-order valence-electron chi connectivity index (χ3n) is 12.6. The van der Waals surface area contributed by atoms with Crippen LogP contribution in [0.3, 0.4) is 0 Å². The summed E-state index contributed by atoms with van der Waals surface area (Å²) in [7, 11) is 0. The lowest BCUT2D eigenvalue weighted by Gasteiger charge is -2.28. The van der Waals surface area contributed by atoms with Crippen LogP contribution in [0.2, 0.25) is 0 Å². The highest BCUT2D eigenvalue weighted by molar-refractivity contribution is 5.36. The van der Waals surface area contributed by atoms with Crippen molar-refractivity contribution >= 4 is 0 Å². The third-order valence-corrected chi connectivity index (χ3v) is 12.6. The Balaban J connectivity index is 0.000000130. The second kappa shape index (κ2) is 18.4. The summed E-state index contributed by atoms with van der Waals surface area (Å²) in [5, 5.41) is 0. The first-order valence-electron chi connectivity index (χ1n) is 20.4. The van der Waals surface area contributed by atoms with Crippen molar-refractivity contribution < 1.29 is 0 Å². The molecule has 4 aliphatic carbocycles. The lowest BCUT2D eigenvalue weighted by atomic mass is 9.77. The van der Waals surface area contributed by atoms with Crippen molar-refractivity contribution in [3.8, 4) is 0 Å². The van der Waals surface area contributed by atoms with E-state index in [1.807, 2.05) is 0 Å². The number of rotatable bonds is 4. The van der Waals surface area contributed by atoms with E-state index in [0.29, 0.717) is 0 Å². The molecular formula is C50H68. The molecule has 4 aliphatic rings. The van der Waals surface area contributed by atoms with Gasteiger partial charge in [0.25, 0.3) is 0 Å². The average Bonchev–Trinajstić information content (AvgIpc) is 3.77. The zero-order chi connectivity index (χ0) is 35.6. The molecule has 0 heterocycles. The smallest absolute Gasteiger partial charge is 0.0133 e. The average molecular weight is 669 g/mol. The molecule has 0 saturated carbocycles. The molecule has 8 rings (SSSR count). The molecule has 0 aromatic heterocycles. The van der Waals surface area contributed by atoms with Crippen LogP contribution < -0.4 is 0 Å². The van der Waals surface area contributed by atoms with Crippen molar-refractivity contribution in [2.75, 3.05) is 0 Å². The Hall–Kier alpha value is -3.12. The molecule has 0 aliphatic heterocycles. The predicted molar refractivity (Wildman–Crippen MR) is 218 cm³/mol. The van der Waals surface area contributed by atoms with Crippen LogP contribution in [0.1, 0.15) is 137 Å². The standard InChI is InChI=1S/2C13H18.2C12H16/c1-10(2)12-9-5-7-11-6-3-4-8-13(11)12;1-10(2)12-8-7-11-5-3-4-6-13(11)9-12;1-9(2)12-7-10-5-3-4-6-11(10)8-12;1-9(2)11-8-7-10-5-3-4-6-12(10)11/h3-4,6,8,10,12H,5,7,9H2,1-2H3;3-6,10,12H,7-9H2,1-2H3;3-6,9,12H,7-8H2,1-2H3;3-6,9,11H,7-8H2,1-2H3. The van der Waals surface area contributed by atoms with E-state index in [0.717, 1.165) is 47.3 Å². The number of hydrogen-bond donors (Lipinski definition) is 0. The van der Waals surface area contributed by atoms with Crippen molar-refractivity contribution in [2.45, 2.75) is 131 Å². The van der Waals surface area contributed by atoms with Crippen molar-refractivity contribution in [2.24, 2.45) is 35.5 Å². The predicted octanol–water partition coefficient (Wildman–Crippen LogP) is 13.6. The highest BCUT2D eigenvalue weighted by Gasteiger charge is 2.25. The summed E-state index contributed by atoms with van der Waals surface area (Å²) >= 11 is 0. The second-order valence-corrected chi connectivity index (χ2v) is 17.2. The molecule has 0 saturated heterocycles. The largest absolute Gasteiger partial charge is 0.0625 e. The number of hydrogen-bond acceptors (Lipinski definition) is 0. The molecule has 268 valence electrons. The van der Waals surface area contributed by atoms with Crippen LogP contribution in [0.5, 0.6) is 0 Å². The van der Waals surface area contributed by atoms with Gasteiger partial charge >= 0.3 is 0 Å². The monoisotopic (exact) mass is 669 g/mol. The number of fused-ring (bicyclic) bond motifs is 4. The van der Waals surface area contributed by atoms with E-state index in [4.69, 9.17) is 0 Å². The minimum atomic E-state index is 0.793. The molecule has 0 bridgehead atoms. The Kier molecular flexibility index (Phi) is 14.0. The number of aryl methyl sites for hydroxylation is 3. The van der Waals surface area contributed by atoms with Crippen LogP contribution >= 0.6 is 0 Å². The van der Waals surface area contributed by atoms with Crippen LogP contribution in [0, 0.1) is 35.5 Å². The van der Waals surface area contributed by atoms with Crippen LogP contribution in [-0.4, -0.2) is 0 Å². The SMILES string of the molecule is CC(C)C1CCCc2ccccc21.CC(C)C1CCc2ccccc21.CC(C)C1CCc2ccccc2C1.CC(C)C1Cc2ccccc2C1. The van der Waals surface area contributed by atoms with Gasteiger partial charge in [-0.15, -0.1) is 0 Å². The summed E-state index contributed by atoms with van der Waals surface area (Å²) in [5.74, 6) is 6.70. The van der Waals surface area contributed by atoms with Gasteiger partial charge in [-0.3, -0.25) is 0 Å². The molecule has 0 radical (unpaired) electrons. The van der Waals surface area contributed by atoms with Crippen LogP contribution in [-0.2, 0) is 38.5 Å². The Morgan fingerprint density at radius 1 is 0.360 bits per heavy atom. The topological polar surface area (TPSA) is 0 Å². The van der Waals surface area contributed by atoms with Crippen molar-refractivity contribution in [1.29, 1.82) is 0 Å². The molecule has 0 spiro atoms. The Bertz CT molecular complexity index is 1580. The van der Waals surface area contributed by atoms with Crippen molar-refractivity contribution in [3.63, 3.8) is 0 Å². The third kappa shape index (κ3) is 10.0. The highest BCUT2D eigenvalue weighted by atomic mass is 14.3. The minimum absolute atomic E-state index is 0.793. The normalized spacial score (nSPS) is 20.4. The summed E-state index contributed by atoms with van der Waals surface area (Å²) in [6.45, 7) is 18.7. The van der Waals surface area contributed by atoms with Crippen LogP contribution in [0.25, 0.3) is 0 Å². The van der Waals surface area contributed by atoms with Gasteiger partial charge in [0.15, 0.2) is 0 Å². The highest BCUT2D eigenvalue weighted by Crippen LogP contribution is 2.38. The summed E-state index contributed by atoms with van der Waals surface area (Å²) in [6, 6.07) is 35.6. The second-order valence-electron chi connectivity index (χ2n) is 17.2. The lowest BCUT2D eigenvalue weighted by Crippen LogP contribution is -2.18. The minimum Gasteiger partial charge on any atom is -0.0625 e. The van der Waals surface area contributed by atoms with Gasteiger partial charge in [0.05, 0.1) is 0 Å². The van der Waals surface area contributed by atoms with E-state index in [-0.39, 0.29) is 0 Å². The van der Waals surface area contributed by atoms with E-state index in [2.05, 4.69) is 152 Å². The van der Waals surface area contributed by atoms with Crippen LogP contribution in [0.4, 0.5) is 0 Å². The van der Waals surface area contributed by atoms with Gasteiger partial charge in [-0.1, -0.05) is 152 Å². The Morgan fingerprint density at radius 2 is 0.740 bits per heavy atom. The van der Waals surface area contributed by atoms with E-state index < -0.39 is 0 Å². The Labute approximate surface area is 307 Å². The summed E-state index contributed by atoms with van der Waals surface area (Å²) in [4.78, 5) is 0. The van der Waals surface area contributed by atoms with Gasteiger partial charge in [0, 0.05) is 0 Å². The lowest BCUT2D eigenvalue weighted by molar-refractivity contribution is 0.343. The quantitative estimate of drug-likeness (QED) is 0.203. The van der Waals surface area contributed by atoms with Gasteiger partial charge in [-0.25, -0.2) is 0 Å². The molecule has 0 heteroatoms. The van der Waals surface area contributed by atoms with Gasteiger partial charge in [0.2, 0.25) is 0 Å². The Morgan fingerprint density at radius 3 is 1.24 bits per heavy atom. The van der Waals surface area contributed by atoms with Crippen molar-refractivity contribution in [1.82, 2.24) is 0 Å². The molecule has 0 fully saturated rings. The molecule has 3 atom stereocenters.